The van der Waals surface area contributed by atoms with Gasteiger partial charge in [-0.1, -0.05) is 0 Å². The standard InChI is InChI=1S/C12H22N2O2/c1-2-16-11(15)14-8-4-6-12(10-14)5-3-7-13-9-12/h13H,2-10H2,1H3/t12-/m0/s1. The molecule has 0 radical (unpaired) electrons. The molecule has 0 aromatic carbocycles. The Morgan fingerprint density at radius 3 is 2.94 bits per heavy atom. The lowest BCUT2D eigenvalue weighted by atomic mass is 9.74. The number of ether oxygens (including phenoxy) is 1. The Morgan fingerprint density at radius 2 is 2.25 bits per heavy atom. The molecule has 0 bridgehead atoms. The summed E-state index contributed by atoms with van der Waals surface area (Å²) >= 11 is 0. The van der Waals surface area contributed by atoms with Crippen LogP contribution in [-0.4, -0.2) is 43.8 Å². The van der Waals surface area contributed by atoms with E-state index in [2.05, 4.69) is 5.32 Å². The van der Waals surface area contributed by atoms with Gasteiger partial charge in [0.1, 0.15) is 0 Å². The minimum Gasteiger partial charge on any atom is -0.450 e. The highest BCUT2D eigenvalue weighted by Gasteiger charge is 2.38. The van der Waals surface area contributed by atoms with Crippen LogP contribution in [0, 0.1) is 5.41 Å². The number of rotatable bonds is 1. The molecular weight excluding hydrogens is 204 g/mol. The Morgan fingerprint density at radius 1 is 1.44 bits per heavy atom. The third-order valence-electron chi connectivity index (χ3n) is 3.75. The van der Waals surface area contributed by atoms with Gasteiger partial charge >= 0.3 is 6.09 Å². The Balaban J connectivity index is 1.94. The highest BCUT2D eigenvalue weighted by atomic mass is 16.6. The summed E-state index contributed by atoms with van der Waals surface area (Å²) in [6, 6.07) is 0. The smallest absolute Gasteiger partial charge is 0.409 e. The van der Waals surface area contributed by atoms with Crippen LogP contribution in [-0.2, 0) is 4.74 Å². The van der Waals surface area contributed by atoms with Gasteiger partial charge in [-0.3, -0.25) is 0 Å². The van der Waals surface area contributed by atoms with E-state index in [1.807, 2.05) is 11.8 Å². The van der Waals surface area contributed by atoms with Gasteiger partial charge in [-0.2, -0.15) is 0 Å². The van der Waals surface area contributed by atoms with E-state index >= 15 is 0 Å². The van der Waals surface area contributed by atoms with Crippen molar-refractivity contribution in [2.24, 2.45) is 5.41 Å². The fraction of sp³-hybridized carbons (Fsp3) is 0.917. The van der Waals surface area contributed by atoms with Crippen LogP contribution in [0.15, 0.2) is 0 Å². The van der Waals surface area contributed by atoms with Crippen molar-refractivity contribution in [3.05, 3.63) is 0 Å². The molecule has 1 amide bonds. The molecule has 0 saturated carbocycles. The minimum atomic E-state index is -0.132. The van der Waals surface area contributed by atoms with Crippen LogP contribution in [0.4, 0.5) is 4.79 Å². The average molecular weight is 226 g/mol. The number of piperidine rings is 2. The number of nitrogens with zero attached hydrogens (tertiary/aromatic N) is 1. The first-order valence-electron chi connectivity index (χ1n) is 6.38. The second kappa shape index (κ2) is 5.04. The second-order valence-corrected chi connectivity index (χ2v) is 5.00. The van der Waals surface area contributed by atoms with Crippen molar-refractivity contribution in [3.8, 4) is 0 Å². The molecule has 0 unspecified atom stereocenters. The molecule has 2 aliphatic heterocycles. The van der Waals surface area contributed by atoms with Crippen LogP contribution in [0.25, 0.3) is 0 Å². The predicted molar refractivity (Wildman–Crippen MR) is 62.4 cm³/mol. The third kappa shape index (κ3) is 2.48. The number of carbonyl (C=O) groups is 1. The number of likely N-dealkylation sites (tertiary alicyclic amines) is 1. The number of nitrogens with one attached hydrogen (secondary N) is 1. The molecule has 92 valence electrons. The summed E-state index contributed by atoms with van der Waals surface area (Å²) in [6.45, 7) is 6.25. The SMILES string of the molecule is CCOC(=O)N1CCC[C@]2(CCCNC2)C1. The quantitative estimate of drug-likeness (QED) is 0.738. The highest BCUT2D eigenvalue weighted by molar-refractivity contribution is 5.67. The maximum absolute atomic E-state index is 11.7. The summed E-state index contributed by atoms with van der Waals surface area (Å²) in [6.07, 6.45) is 4.70. The molecule has 0 aromatic heterocycles. The zero-order chi connectivity index (χ0) is 11.4. The first-order chi connectivity index (χ1) is 7.76. The van der Waals surface area contributed by atoms with E-state index in [-0.39, 0.29) is 6.09 Å². The summed E-state index contributed by atoms with van der Waals surface area (Å²) in [7, 11) is 0. The van der Waals surface area contributed by atoms with Gasteiger partial charge in [-0.25, -0.2) is 4.79 Å². The molecule has 16 heavy (non-hydrogen) atoms. The normalized spacial score (nSPS) is 30.4. The van der Waals surface area contributed by atoms with Gasteiger partial charge in [0.2, 0.25) is 0 Å². The van der Waals surface area contributed by atoms with Gasteiger partial charge in [0.15, 0.2) is 0 Å². The zero-order valence-electron chi connectivity index (χ0n) is 10.1. The molecule has 4 nitrogen and oxygen atoms in total. The van der Waals surface area contributed by atoms with E-state index in [0.29, 0.717) is 12.0 Å². The summed E-state index contributed by atoms with van der Waals surface area (Å²) < 4.78 is 5.08. The minimum absolute atomic E-state index is 0.132. The molecule has 1 spiro atoms. The van der Waals surface area contributed by atoms with Gasteiger partial charge in [0.25, 0.3) is 0 Å². The van der Waals surface area contributed by atoms with E-state index < -0.39 is 0 Å². The van der Waals surface area contributed by atoms with Gasteiger partial charge in [-0.05, 0) is 39.2 Å². The van der Waals surface area contributed by atoms with Crippen LogP contribution in [0.3, 0.4) is 0 Å². The molecule has 4 heteroatoms. The molecule has 2 saturated heterocycles. The lowest BCUT2D eigenvalue weighted by Crippen LogP contribution is -2.52. The van der Waals surface area contributed by atoms with Gasteiger partial charge < -0.3 is 15.0 Å². The van der Waals surface area contributed by atoms with Gasteiger partial charge in [0, 0.05) is 25.0 Å². The fourth-order valence-corrected chi connectivity index (χ4v) is 2.96. The van der Waals surface area contributed by atoms with Crippen molar-refractivity contribution >= 4 is 6.09 Å². The van der Waals surface area contributed by atoms with Crippen molar-refractivity contribution in [2.75, 3.05) is 32.8 Å². The summed E-state index contributed by atoms with van der Waals surface area (Å²) in [5.74, 6) is 0. The maximum atomic E-state index is 11.7. The van der Waals surface area contributed by atoms with E-state index in [0.717, 1.165) is 32.6 Å². The zero-order valence-corrected chi connectivity index (χ0v) is 10.1. The molecule has 2 rings (SSSR count). The van der Waals surface area contributed by atoms with Crippen LogP contribution >= 0.6 is 0 Å². The van der Waals surface area contributed by atoms with Crippen molar-refractivity contribution in [3.63, 3.8) is 0 Å². The molecule has 2 fully saturated rings. The predicted octanol–water partition coefficient (Wildman–Crippen LogP) is 1.61. The summed E-state index contributed by atoms with van der Waals surface area (Å²) in [4.78, 5) is 13.6. The first kappa shape index (κ1) is 11.7. The highest BCUT2D eigenvalue weighted by Crippen LogP contribution is 2.35. The van der Waals surface area contributed by atoms with Crippen LogP contribution < -0.4 is 5.32 Å². The lowest BCUT2D eigenvalue weighted by molar-refractivity contribution is 0.0456. The van der Waals surface area contributed by atoms with Crippen LogP contribution in [0.1, 0.15) is 32.6 Å². The van der Waals surface area contributed by atoms with Gasteiger partial charge in [-0.15, -0.1) is 0 Å². The van der Waals surface area contributed by atoms with E-state index in [1.54, 1.807) is 0 Å². The number of hydrogen-bond donors (Lipinski definition) is 1. The molecule has 1 N–H and O–H groups in total. The van der Waals surface area contributed by atoms with Crippen molar-refractivity contribution in [2.45, 2.75) is 32.6 Å². The Labute approximate surface area is 97.3 Å². The second-order valence-electron chi connectivity index (χ2n) is 5.00. The van der Waals surface area contributed by atoms with Crippen LogP contribution in [0.2, 0.25) is 0 Å². The summed E-state index contributed by atoms with van der Waals surface area (Å²) in [5.41, 5.74) is 0.323. The van der Waals surface area contributed by atoms with E-state index in [1.165, 1.54) is 19.3 Å². The van der Waals surface area contributed by atoms with Gasteiger partial charge in [0.05, 0.1) is 6.61 Å². The molecular formula is C12H22N2O2. The van der Waals surface area contributed by atoms with Crippen LogP contribution in [0.5, 0.6) is 0 Å². The van der Waals surface area contributed by atoms with E-state index in [4.69, 9.17) is 4.74 Å². The molecule has 2 heterocycles. The number of carbonyl (C=O) groups excluding carboxylic acids is 1. The Bertz CT molecular complexity index is 244. The lowest BCUT2D eigenvalue weighted by Gasteiger charge is -2.44. The molecule has 1 atom stereocenters. The number of hydrogen-bond acceptors (Lipinski definition) is 3. The summed E-state index contributed by atoms with van der Waals surface area (Å²) in [5, 5.41) is 3.46. The molecule has 2 aliphatic rings. The largest absolute Gasteiger partial charge is 0.450 e. The fourth-order valence-electron chi connectivity index (χ4n) is 2.96. The van der Waals surface area contributed by atoms with E-state index in [9.17, 15) is 4.79 Å². The topological polar surface area (TPSA) is 41.6 Å². The van der Waals surface area contributed by atoms with Crippen molar-refractivity contribution < 1.29 is 9.53 Å². The maximum Gasteiger partial charge on any atom is 0.409 e. The first-order valence-corrected chi connectivity index (χ1v) is 6.38. The third-order valence-corrected chi connectivity index (χ3v) is 3.75. The Kier molecular flexibility index (Phi) is 3.69. The number of amides is 1. The average Bonchev–Trinajstić information content (AvgIpc) is 2.30. The van der Waals surface area contributed by atoms with Crippen molar-refractivity contribution in [1.82, 2.24) is 10.2 Å². The van der Waals surface area contributed by atoms with Crippen molar-refractivity contribution in [1.29, 1.82) is 0 Å². The monoisotopic (exact) mass is 226 g/mol. The molecule has 0 aromatic rings. The molecule has 0 aliphatic carbocycles. The Hall–Kier alpha value is -0.770.